The van der Waals surface area contributed by atoms with Gasteiger partial charge in [0.15, 0.2) is 0 Å². The fraction of sp³-hybridized carbons (Fsp3) is 0.529. The largest absolute Gasteiger partial charge is 1.00 e. The third-order valence-corrected chi connectivity index (χ3v) is 11.5. The zero-order valence-electron chi connectivity index (χ0n) is 29.6. The van der Waals surface area contributed by atoms with Crippen molar-refractivity contribution in [2.45, 2.75) is 90.9 Å². The van der Waals surface area contributed by atoms with Crippen LogP contribution >= 0.6 is 31.9 Å². The molecule has 1 aliphatic rings. The molecule has 49 heavy (non-hydrogen) atoms. The standard InChI is InChI=1S/C14H16BrFO2.C11H10BrFO2.C9H21S.BF3.FH.H2O/c1-4-18-13(17)12-11(14(12,2)3)8-5-6-9(15)10(16)7-8;1-2-15-11(14)6-4-8-3-5-9(12)10(13)7-8;1-7(2)10(8(3)4)9(5)6;2-1(3)4;;/h5-7,11-12H,4H2,1-3H3;3-7H,2H2,1H3;7-9H,1-6H3;;1H;1H2/q;;+1;;;/p-1/b;6-4+;;;;/t11?,12-;;;;;/m1...../s1. The first-order valence-electron chi connectivity index (χ1n) is 15.3. The fourth-order valence-electron chi connectivity index (χ4n) is 5.24. The summed E-state index contributed by atoms with van der Waals surface area (Å²) in [5.41, 5.74) is 1.31. The Hall–Kier alpha value is -1.97. The molecule has 5 nitrogen and oxygen atoms in total. The van der Waals surface area contributed by atoms with Gasteiger partial charge in [0.2, 0.25) is 0 Å². The minimum atomic E-state index is -3.67. The first-order valence-corrected chi connectivity index (χ1v) is 18.3. The zero-order chi connectivity index (χ0) is 36.6. The summed E-state index contributed by atoms with van der Waals surface area (Å²) in [5, 5.41) is 2.58. The van der Waals surface area contributed by atoms with Gasteiger partial charge >= 0.3 is 19.5 Å². The number of hydrogen-bond acceptors (Lipinski definition) is 4. The predicted molar refractivity (Wildman–Crippen MR) is 196 cm³/mol. The van der Waals surface area contributed by atoms with Crippen molar-refractivity contribution in [2.24, 2.45) is 11.3 Å². The molecular formula is C34H49BBr2F6O5S. The van der Waals surface area contributed by atoms with Crippen LogP contribution in [0.15, 0.2) is 51.4 Å². The Labute approximate surface area is 307 Å². The average Bonchev–Trinajstić information content (AvgIpc) is 3.52. The number of hydrogen-bond donors (Lipinski definition) is 0. The molecule has 2 atom stereocenters. The van der Waals surface area contributed by atoms with E-state index in [0.29, 0.717) is 38.6 Å². The molecule has 2 aromatic rings. The van der Waals surface area contributed by atoms with Crippen molar-refractivity contribution in [3.63, 3.8) is 0 Å². The molecule has 3 rings (SSSR count). The molecule has 1 unspecified atom stereocenters. The van der Waals surface area contributed by atoms with Crippen LogP contribution in [0, 0.1) is 23.0 Å². The van der Waals surface area contributed by atoms with E-state index in [1.165, 1.54) is 24.3 Å². The van der Waals surface area contributed by atoms with Crippen LogP contribution in [0.25, 0.3) is 6.08 Å². The van der Waals surface area contributed by atoms with E-state index < -0.39 is 13.5 Å². The number of rotatable bonds is 9. The van der Waals surface area contributed by atoms with Crippen molar-refractivity contribution in [3.8, 4) is 0 Å². The lowest BCUT2D eigenvalue weighted by Crippen LogP contribution is -3.00. The van der Waals surface area contributed by atoms with Gasteiger partial charge in [0.25, 0.3) is 0 Å². The van der Waals surface area contributed by atoms with Crippen LogP contribution in [-0.2, 0) is 30.0 Å². The van der Waals surface area contributed by atoms with Gasteiger partial charge in [-0.25, -0.2) is 13.6 Å². The van der Waals surface area contributed by atoms with E-state index in [9.17, 15) is 31.3 Å². The maximum absolute atomic E-state index is 13.5. The second kappa shape index (κ2) is 25.1. The van der Waals surface area contributed by atoms with Crippen LogP contribution in [0.1, 0.15) is 86.3 Å². The lowest BCUT2D eigenvalue weighted by atomic mass is 10.0. The van der Waals surface area contributed by atoms with Crippen LogP contribution in [-0.4, -0.2) is 53.9 Å². The summed E-state index contributed by atoms with van der Waals surface area (Å²) in [5.74, 6) is -1.40. The van der Waals surface area contributed by atoms with E-state index in [2.05, 4.69) is 78.1 Å². The van der Waals surface area contributed by atoms with Crippen LogP contribution in [0.2, 0.25) is 0 Å². The Bertz CT molecular complexity index is 1280. The molecule has 280 valence electrons. The smallest absolute Gasteiger partial charge is 0.762 e. The maximum atomic E-state index is 13.5. The van der Waals surface area contributed by atoms with Gasteiger partial charge in [-0.15, -0.1) is 0 Å². The molecule has 0 aliphatic heterocycles. The quantitative estimate of drug-likeness (QED) is 0.0901. The Morgan fingerprint density at radius 3 is 1.65 bits per heavy atom. The summed E-state index contributed by atoms with van der Waals surface area (Å²) in [7, 11) is -3.05. The lowest BCUT2D eigenvalue weighted by molar-refractivity contribution is -0.145. The highest BCUT2D eigenvalue weighted by Crippen LogP contribution is 2.64. The van der Waals surface area contributed by atoms with Gasteiger partial charge in [-0.2, -0.15) is 0 Å². The second-order valence-electron chi connectivity index (χ2n) is 11.8. The molecule has 0 saturated heterocycles. The molecule has 0 radical (unpaired) electrons. The van der Waals surface area contributed by atoms with Gasteiger partial charge in [-0.3, -0.25) is 17.7 Å². The summed E-state index contributed by atoms with van der Waals surface area (Å²) >= 11 is 6.17. The van der Waals surface area contributed by atoms with Crippen molar-refractivity contribution in [3.05, 3.63) is 74.2 Å². The highest BCUT2D eigenvalue weighted by Gasteiger charge is 2.63. The SMILES string of the molecule is CC(C)[S+](C(C)C)C(C)C.CCOC(=O)/C=C/c1ccc(Br)c(F)c1.CCOC(=O)[C@H]1C(c2ccc(Br)c(F)c2)C1(C)C.FB(F)F.O.[F-]. The molecule has 0 bridgehead atoms. The van der Waals surface area contributed by atoms with Gasteiger partial charge in [-0.1, -0.05) is 26.0 Å². The predicted octanol–water partition coefficient (Wildman–Crippen LogP) is 6.94. The van der Waals surface area contributed by atoms with E-state index >= 15 is 0 Å². The van der Waals surface area contributed by atoms with Crippen LogP contribution in [0.3, 0.4) is 0 Å². The molecule has 0 aromatic heterocycles. The van der Waals surface area contributed by atoms with Crippen molar-refractivity contribution >= 4 is 68.3 Å². The number of benzene rings is 2. The van der Waals surface area contributed by atoms with E-state index in [4.69, 9.17) is 4.74 Å². The van der Waals surface area contributed by atoms with Crippen molar-refractivity contribution < 1.29 is 51.0 Å². The Kier molecular flexibility index (Phi) is 26.3. The van der Waals surface area contributed by atoms with Gasteiger partial charge in [-0.05, 0) is 145 Å². The van der Waals surface area contributed by atoms with E-state index in [0.717, 1.165) is 21.3 Å². The molecule has 1 fully saturated rings. The van der Waals surface area contributed by atoms with Gasteiger partial charge in [0.05, 0.1) is 28.1 Å². The number of carbonyl (C=O) groups excluding carboxylic acids is 2. The molecule has 0 spiro atoms. The second-order valence-corrected chi connectivity index (χ2v) is 17.1. The topological polar surface area (TPSA) is 84.1 Å². The first kappa shape index (κ1) is 51.4. The van der Waals surface area contributed by atoms with E-state index in [1.54, 1.807) is 32.0 Å². The average molecular weight is 854 g/mol. The normalized spacial score (nSPS) is 15.4. The molecule has 1 saturated carbocycles. The van der Waals surface area contributed by atoms with Crippen molar-refractivity contribution in [2.75, 3.05) is 13.2 Å². The third kappa shape index (κ3) is 18.7. The van der Waals surface area contributed by atoms with Crippen LogP contribution in [0.4, 0.5) is 21.7 Å². The zero-order valence-corrected chi connectivity index (χ0v) is 33.6. The van der Waals surface area contributed by atoms with Crippen LogP contribution < -0.4 is 4.70 Å². The van der Waals surface area contributed by atoms with Crippen LogP contribution in [0.5, 0.6) is 0 Å². The van der Waals surface area contributed by atoms with E-state index in [-0.39, 0.29) is 45.0 Å². The number of ether oxygens (including phenoxy) is 2. The minimum Gasteiger partial charge on any atom is -1.00 e. The highest BCUT2D eigenvalue weighted by molar-refractivity contribution is 9.10. The minimum absolute atomic E-state index is 0. The van der Waals surface area contributed by atoms with E-state index in [1.807, 2.05) is 19.9 Å². The Morgan fingerprint density at radius 2 is 1.29 bits per heavy atom. The summed E-state index contributed by atoms with van der Waals surface area (Å²) in [6.07, 6.45) is 2.78. The first-order chi connectivity index (χ1) is 21.7. The van der Waals surface area contributed by atoms with Crippen molar-refractivity contribution in [1.82, 2.24) is 0 Å². The third-order valence-electron chi connectivity index (χ3n) is 6.95. The molecule has 2 aromatic carbocycles. The number of esters is 2. The number of halogens is 8. The molecular weight excluding hydrogens is 805 g/mol. The monoisotopic (exact) mass is 852 g/mol. The highest BCUT2D eigenvalue weighted by atomic mass is 79.9. The summed E-state index contributed by atoms with van der Waals surface area (Å²) in [4.78, 5) is 22.8. The number of carbonyl (C=O) groups is 2. The molecule has 0 heterocycles. The molecule has 2 N–H and O–H groups in total. The Balaban J connectivity index is -0.000000622. The molecule has 15 heteroatoms. The summed E-state index contributed by atoms with van der Waals surface area (Å²) in [6, 6.07) is 9.65. The molecule has 0 amide bonds. The summed E-state index contributed by atoms with van der Waals surface area (Å²) in [6.45, 7) is 22.3. The molecule has 1 aliphatic carbocycles. The van der Waals surface area contributed by atoms with Gasteiger partial charge < -0.3 is 19.7 Å². The lowest BCUT2D eigenvalue weighted by Gasteiger charge is -2.18. The van der Waals surface area contributed by atoms with Gasteiger partial charge in [0, 0.05) is 12.0 Å². The van der Waals surface area contributed by atoms with Gasteiger partial charge in [0.1, 0.15) is 27.4 Å². The maximum Gasteiger partial charge on any atom is 0.762 e. The summed E-state index contributed by atoms with van der Waals surface area (Å²) < 4.78 is 66.2. The van der Waals surface area contributed by atoms with Crippen molar-refractivity contribution in [1.29, 1.82) is 0 Å². The fourth-order valence-corrected chi connectivity index (χ4v) is 9.00. The Morgan fingerprint density at radius 1 is 0.857 bits per heavy atom.